The van der Waals surface area contributed by atoms with E-state index < -0.39 is 12.0 Å². The maximum Gasteiger partial charge on any atom is 0.325 e. The third kappa shape index (κ3) is 3.74. The molecule has 4 nitrogen and oxygen atoms in total. The van der Waals surface area contributed by atoms with Gasteiger partial charge in [-0.15, -0.1) is 0 Å². The zero-order chi connectivity index (χ0) is 13.5. The molecule has 0 radical (unpaired) electrons. The monoisotopic (exact) mass is 251 g/mol. The van der Waals surface area contributed by atoms with Gasteiger partial charge in [0.1, 0.15) is 11.8 Å². The van der Waals surface area contributed by atoms with Crippen molar-refractivity contribution >= 4 is 5.97 Å². The van der Waals surface area contributed by atoms with Gasteiger partial charge in [0.2, 0.25) is 0 Å². The van der Waals surface area contributed by atoms with Crippen LogP contribution in [0.2, 0.25) is 0 Å². The molecular formula is C14H21NO3. The van der Waals surface area contributed by atoms with Crippen molar-refractivity contribution in [2.24, 2.45) is 0 Å². The maximum atomic E-state index is 11.4. The maximum absolute atomic E-state index is 11.4. The second-order valence-electron chi connectivity index (χ2n) is 4.35. The summed E-state index contributed by atoms with van der Waals surface area (Å²) in [4.78, 5) is 13.3. The first-order valence-corrected chi connectivity index (χ1v) is 6.17. The quantitative estimate of drug-likeness (QED) is 0.809. The highest BCUT2D eigenvalue weighted by atomic mass is 16.5. The number of carbonyl (C=O) groups is 1. The van der Waals surface area contributed by atoms with Gasteiger partial charge in [0.05, 0.1) is 7.11 Å². The number of rotatable bonds is 7. The molecule has 0 spiro atoms. The first kappa shape index (κ1) is 14.5. The smallest absolute Gasteiger partial charge is 0.325 e. The lowest BCUT2D eigenvalue weighted by molar-refractivity contribution is -0.143. The Morgan fingerprint density at radius 2 is 2.00 bits per heavy atom. The number of hydrogen-bond donors (Lipinski definition) is 1. The van der Waals surface area contributed by atoms with E-state index in [0.717, 1.165) is 30.7 Å². The van der Waals surface area contributed by atoms with Crippen LogP contribution < -0.4 is 4.74 Å². The predicted molar refractivity (Wildman–Crippen MR) is 70.9 cm³/mol. The van der Waals surface area contributed by atoms with Crippen LogP contribution in [0.3, 0.4) is 0 Å². The molecule has 4 heteroatoms. The van der Waals surface area contributed by atoms with Gasteiger partial charge in [-0.25, -0.2) is 0 Å². The molecule has 18 heavy (non-hydrogen) atoms. The average Bonchev–Trinajstić information content (AvgIpc) is 2.37. The van der Waals surface area contributed by atoms with Crippen LogP contribution in [0.4, 0.5) is 0 Å². The van der Waals surface area contributed by atoms with Crippen LogP contribution in [0.25, 0.3) is 0 Å². The normalized spacial score (nSPS) is 12.4. The highest BCUT2D eigenvalue weighted by Gasteiger charge is 2.24. The molecule has 1 aromatic carbocycles. The standard InChI is InChI=1S/C14H21NO3/c1-4-5-10-15(2)13(14(16)17)11-6-8-12(18-3)9-7-11/h6-9,13H,4-5,10H2,1-3H3,(H,16,17). The number of benzene rings is 1. The van der Waals surface area contributed by atoms with Crippen LogP contribution in [0.1, 0.15) is 31.4 Å². The number of carboxylic acids is 1. The molecule has 0 fully saturated rings. The molecule has 0 aliphatic heterocycles. The van der Waals surface area contributed by atoms with Gasteiger partial charge in [0.25, 0.3) is 0 Å². The number of nitrogens with zero attached hydrogens (tertiary/aromatic N) is 1. The van der Waals surface area contributed by atoms with Crippen molar-refractivity contribution < 1.29 is 14.6 Å². The minimum absolute atomic E-state index is 0.595. The van der Waals surface area contributed by atoms with Gasteiger partial charge in [0.15, 0.2) is 0 Å². The molecule has 0 heterocycles. The van der Waals surface area contributed by atoms with Crippen LogP contribution in [0, 0.1) is 0 Å². The highest BCUT2D eigenvalue weighted by molar-refractivity contribution is 5.75. The Hall–Kier alpha value is -1.55. The summed E-state index contributed by atoms with van der Waals surface area (Å²) in [7, 11) is 3.44. The van der Waals surface area contributed by atoms with Gasteiger partial charge in [-0.3, -0.25) is 9.69 Å². The van der Waals surface area contributed by atoms with Gasteiger partial charge in [-0.1, -0.05) is 25.5 Å². The highest BCUT2D eigenvalue weighted by Crippen LogP contribution is 2.22. The van der Waals surface area contributed by atoms with Gasteiger partial charge >= 0.3 is 5.97 Å². The molecule has 1 N–H and O–H groups in total. The van der Waals surface area contributed by atoms with E-state index in [1.165, 1.54) is 0 Å². The Bertz CT molecular complexity index is 375. The van der Waals surface area contributed by atoms with Crippen LogP contribution in [-0.4, -0.2) is 36.7 Å². The molecule has 0 saturated heterocycles. The van der Waals surface area contributed by atoms with Crippen LogP contribution in [-0.2, 0) is 4.79 Å². The summed E-state index contributed by atoms with van der Waals surface area (Å²) in [6.07, 6.45) is 2.05. The van der Waals surface area contributed by atoms with Crippen molar-refractivity contribution in [1.82, 2.24) is 4.90 Å². The van der Waals surface area contributed by atoms with E-state index in [4.69, 9.17) is 4.74 Å². The zero-order valence-electron chi connectivity index (χ0n) is 11.2. The van der Waals surface area contributed by atoms with Crippen LogP contribution in [0.5, 0.6) is 5.75 Å². The summed E-state index contributed by atoms with van der Waals surface area (Å²) < 4.78 is 5.07. The van der Waals surface area contributed by atoms with E-state index in [-0.39, 0.29) is 0 Å². The van der Waals surface area contributed by atoms with Crippen molar-refractivity contribution in [3.63, 3.8) is 0 Å². The molecule has 0 aliphatic carbocycles. The number of unbranched alkanes of at least 4 members (excludes halogenated alkanes) is 1. The molecule has 1 unspecified atom stereocenters. The molecule has 1 atom stereocenters. The summed E-state index contributed by atoms with van der Waals surface area (Å²) >= 11 is 0. The van der Waals surface area contributed by atoms with E-state index in [0.29, 0.717) is 0 Å². The minimum atomic E-state index is -0.821. The SMILES string of the molecule is CCCCN(C)C(C(=O)O)c1ccc(OC)cc1. The fourth-order valence-corrected chi connectivity index (χ4v) is 1.91. The Kier molecular flexibility index (Phi) is 5.65. The minimum Gasteiger partial charge on any atom is -0.497 e. The molecule has 0 bridgehead atoms. The lowest BCUT2D eigenvalue weighted by Crippen LogP contribution is -2.31. The fraction of sp³-hybridized carbons (Fsp3) is 0.500. The largest absolute Gasteiger partial charge is 0.497 e. The van der Waals surface area contributed by atoms with Crippen molar-refractivity contribution in [3.05, 3.63) is 29.8 Å². The van der Waals surface area contributed by atoms with Crippen molar-refractivity contribution in [1.29, 1.82) is 0 Å². The molecule has 0 saturated carbocycles. The predicted octanol–water partition coefficient (Wildman–Crippen LogP) is 2.55. The van der Waals surface area contributed by atoms with Crippen LogP contribution in [0.15, 0.2) is 24.3 Å². The van der Waals surface area contributed by atoms with Gasteiger partial charge in [-0.2, -0.15) is 0 Å². The number of aliphatic carboxylic acids is 1. The number of hydrogen-bond acceptors (Lipinski definition) is 3. The van der Waals surface area contributed by atoms with Crippen molar-refractivity contribution in [2.45, 2.75) is 25.8 Å². The number of carboxylic acid groups (broad SMARTS) is 1. The molecule has 1 rings (SSSR count). The molecule has 0 aliphatic rings. The number of ether oxygens (including phenoxy) is 1. The molecule has 100 valence electrons. The van der Waals surface area contributed by atoms with Crippen molar-refractivity contribution in [2.75, 3.05) is 20.7 Å². The van der Waals surface area contributed by atoms with E-state index in [9.17, 15) is 9.90 Å². The topological polar surface area (TPSA) is 49.8 Å². The third-order valence-electron chi connectivity index (χ3n) is 2.97. The summed E-state index contributed by atoms with van der Waals surface area (Å²) in [6, 6.07) is 6.60. The Morgan fingerprint density at radius 3 is 2.44 bits per heavy atom. The van der Waals surface area contributed by atoms with E-state index in [1.54, 1.807) is 31.4 Å². The molecule has 0 aromatic heterocycles. The summed E-state index contributed by atoms with van der Waals surface area (Å²) in [5.41, 5.74) is 0.780. The lowest BCUT2D eigenvalue weighted by Gasteiger charge is -2.24. The molecular weight excluding hydrogens is 230 g/mol. The van der Waals surface area contributed by atoms with Gasteiger partial charge < -0.3 is 9.84 Å². The summed E-state index contributed by atoms with van der Waals surface area (Å²) in [5, 5.41) is 9.35. The second-order valence-corrected chi connectivity index (χ2v) is 4.35. The first-order valence-electron chi connectivity index (χ1n) is 6.17. The average molecular weight is 251 g/mol. The lowest BCUT2D eigenvalue weighted by atomic mass is 10.1. The number of likely N-dealkylation sites (N-methyl/N-ethyl adjacent to an activating group) is 1. The van der Waals surface area contributed by atoms with Crippen molar-refractivity contribution in [3.8, 4) is 5.75 Å². The number of methoxy groups -OCH3 is 1. The van der Waals surface area contributed by atoms with Gasteiger partial charge in [-0.05, 0) is 37.7 Å². The van der Waals surface area contributed by atoms with Crippen LogP contribution >= 0.6 is 0 Å². The fourth-order valence-electron chi connectivity index (χ4n) is 1.91. The Labute approximate surface area is 108 Å². The summed E-state index contributed by atoms with van der Waals surface area (Å²) in [6.45, 7) is 2.87. The second kappa shape index (κ2) is 7.01. The van der Waals surface area contributed by atoms with E-state index >= 15 is 0 Å². The molecule has 1 aromatic rings. The van der Waals surface area contributed by atoms with E-state index in [2.05, 4.69) is 6.92 Å². The third-order valence-corrected chi connectivity index (χ3v) is 2.97. The van der Waals surface area contributed by atoms with Gasteiger partial charge in [0, 0.05) is 0 Å². The Balaban J connectivity index is 2.86. The zero-order valence-corrected chi connectivity index (χ0v) is 11.2. The summed E-state index contributed by atoms with van der Waals surface area (Å²) in [5.74, 6) is -0.0853. The Morgan fingerprint density at radius 1 is 1.39 bits per heavy atom. The van der Waals surface area contributed by atoms with E-state index in [1.807, 2.05) is 11.9 Å². The first-order chi connectivity index (χ1) is 8.60. The molecule has 0 amide bonds.